The highest BCUT2D eigenvalue weighted by molar-refractivity contribution is 6.19. The summed E-state index contributed by atoms with van der Waals surface area (Å²) >= 11 is 5.43. The van der Waals surface area contributed by atoms with Crippen molar-refractivity contribution in [2.24, 2.45) is 0 Å². The summed E-state index contributed by atoms with van der Waals surface area (Å²) in [5.41, 5.74) is 1.64. The monoisotopic (exact) mass is 184 g/mol. The van der Waals surface area contributed by atoms with Crippen molar-refractivity contribution in [1.29, 1.82) is 0 Å². The van der Waals surface area contributed by atoms with Crippen LogP contribution in [0.15, 0.2) is 24.3 Å². The molecule has 0 amide bonds. The summed E-state index contributed by atoms with van der Waals surface area (Å²) in [4.78, 5) is 0. The first-order chi connectivity index (χ1) is 5.74. The molecule has 0 radical (unpaired) electrons. The molecule has 1 aromatic carbocycles. The number of alkyl halides is 1. The third kappa shape index (κ3) is 2.35. The Hall–Kier alpha value is -0.820. The maximum absolute atomic E-state index is 13.0. The lowest BCUT2D eigenvalue weighted by atomic mass is 10.1. The number of allylic oxidation sites excluding steroid dienone is 1. The molecule has 1 aromatic rings. The van der Waals surface area contributed by atoms with Crippen LogP contribution in [0, 0.1) is 12.7 Å². The molecule has 0 aromatic heterocycles. The minimum absolute atomic E-state index is 0.207. The quantitative estimate of drug-likeness (QED) is 0.619. The van der Waals surface area contributed by atoms with Gasteiger partial charge in [0.25, 0.3) is 0 Å². The van der Waals surface area contributed by atoms with E-state index < -0.39 is 0 Å². The maximum atomic E-state index is 13.0. The molecule has 0 aliphatic carbocycles. The zero-order chi connectivity index (χ0) is 8.97. The number of rotatable bonds is 2. The highest BCUT2D eigenvalue weighted by Gasteiger charge is 1.96. The lowest BCUT2D eigenvalue weighted by molar-refractivity contribution is 0.624. The maximum Gasteiger partial charge on any atom is 0.130 e. The molecule has 0 bridgehead atoms. The van der Waals surface area contributed by atoms with Gasteiger partial charge < -0.3 is 0 Å². The number of benzene rings is 1. The van der Waals surface area contributed by atoms with Crippen LogP contribution in [0.4, 0.5) is 4.39 Å². The molecule has 0 heterocycles. The minimum atomic E-state index is -0.207. The Morgan fingerprint density at radius 3 is 2.92 bits per heavy atom. The van der Waals surface area contributed by atoms with Gasteiger partial charge in [0.05, 0.1) is 0 Å². The SMILES string of the molecule is Cc1ccc(F)c(C=CCCl)c1. The van der Waals surface area contributed by atoms with Crippen LogP contribution in [-0.4, -0.2) is 5.88 Å². The highest BCUT2D eigenvalue weighted by Crippen LogP contribution is 2.11. The second-order valence-electron chi connectivity index (χ2n) is 2.58. The third-order valence-corrected chi connectivity index (χ3v) is 1.72. The van der Waals surface area contributed by atoms with Crippen LogP contribution < -0.4 is 0 Å². The third-order valence-electron chi connectivity index (χ3n) is 1.54. The fraction of sp³-hybridized carbons (Fsp3) is 0.200. The van der Waals surface area contributed by atoms with Crippen molar-refractivity contribution in [3.8, 4) is 0 Å². The van der Waals surface area contributed by atoms with E-state index in [4.69, 9.17) is 11.6 Å². The van der Waals surface area contributed by atoms with Crippen molar-refractivity contribution < 1.29 is 4.39 Å². The molecule has 0 aliphatic heterocycles. The highest BCUT2D eigenvalue weighted by atomic mass is 35.5. The van der Waals surface area contributed by atoms with Crippen LogP contribution in [0.5, 0.6) is 0 Å². The fourth-order valence-corrected chi connectivity index (χ4v) is 1.05. The van der Waals surface area contributed by atoms with Crippen molar-refractivity contribution in [2.75, 3.05) is 5.88 Å². The van der Waals surface area contributed by atoms with Crippen molar-refractivity contribution in [2.45, 2.75) is 6.92 Å². The molecule has 0 saturated heterocycles. The topological polar surface area (TPSA) is 0 Å². The first-order valence-electron chi connectivity index (χ1n) is 3.72. The second kappa shape index (κ2) is 4.27. The molecular formula is C10H10ClF. The zero-order valence-corrected chi connectivity index (χ0v) is 7.61. The predicted molar refractivity (Wildman–Crippen MR) is 50.9 cm³/mol. The van der Waals surface area contributed by atoms with Gasteiger partial charge in [0.1, 0.15) is 5.82 Å². The van der Waals surface area contributed by atoms with E-state index in [2.05, 4.69) is 0 Å². The van der Waals surface area contributed by atoms with E-state index in [0.717, 1.165) is 5.56 Å². The van der Waals surface area contributed by atoms with Gasteiger partial charge in [-0.15, -0.1) is 11.6 Å². The van der Waals surface area contributed by atoms with Gasteiger partial charge in [-0.1, -0.05) is 23.8 Å². The standard InChI is InChI=1S/C10H10ClF/c1-8-4-5-10(12)9(7-8)3-2-6-11/h2-5,7H,6H2,1H3. The number of hydrogen-bond acceptors (Lipinski definition) is 0. The zero-order valence-electron chi connectivity index (χ0n) is 6.85. The summed E-state index contributed by atoms with van der Waals surface area (Å²) in [5, 5.41) is 0. The average Bonchev–Trinajstić information content (AvgIpc) is 2.07. The van der Waals surface area contributed by atoms with Crippen molar-refractivity contribution >= 4 is 17.7 Å². The molecule has 0 N–H and O–H groups in total. The largest absolute Gasteiger partial charge is 0.206 e. The van der Waals surface area contributed by atoms with Gasteiger partial charge in [-0.2, -0.15) is 0 Å². The van der Waals surface area contributed by atoms with Gasteiger partial charge >= 0.3 is 0 Å². The van der Waals surface area contributed by atoms with Crippen LogP contribution in [0.2, 0.25) is 0 Å². The molecule has 0 unspecified atom stereocenters. The molecule has 2 heteroatoms. The van der Waals surface area contributed by atoms with E-state index in [1.165, 1.54) is 6.07 Å². The van der Waals surface area contributed by atoms with Crippen LogP contribution in [0.3, 0.4) is 0 Å². The van der Waals surface area contributed by atoms with E-state index in [9.17, 15) is 4.39 Å². The molecular weight excluding hydrogens is 175 g/mol. The summed E-state index contributed by atoms with van der Waals surface area (Å²) in [7, 11) is 0. The molecule has 64 valence electrons. The summed E-state index contributed by atoms with van der Waals surface area (Å²) in [6, 6.07) is 5.00. The van der Waals surface area contributed by atoms with Crippen LogP contribution in [0.1, 0.15) is 11.1 Å². The Morgan fingerprint density at radius 2 is 2.25 bits per heavy atom. The van der Waals surface area contributed by atoms with E-state index in [-0.39, 0.29) is 5.82 Å². The number of halogens is 2. The van der Waals surface area contributed by atoms with Gasteiger partial charge in [-0.25, -0.2) is 4.39 Å². The normalized spacial score (nSPS) is 10.9. The lowest BCUT2D eigenvalue weighted by Gasteiger charge is -1.97. The first kappa shape index (κ1) is 9.27. The molecule has 12 heavy (non-hydrogen) atoms. The Labute approximate surface area is 76.7 Å². The van der Waals surface area contributed by atoms with Gasteiger partial charge in [0, 0.05) is 11.4 Å². The van der Waals surface area contributed by atoms with Crippen molar-refractivity contribution in [1.82, 2.24) is 0 Å². The van der Waals surface area contributed by atoms with Gasteiger partial charge in [-0.3, -0.25) is 0 Å². The molecule has 0 fully saturated rings. The first-order valence-corrected chi connectivity index (χ1v) is 4.26. The van der Waals surface area contributed by atoms with E-state index in [0.29, 0.717) is 11.4 Å². The molecule has 0 saturated carbocycles. The number of hydrogen-bond donors (Lipinski definition) is 0. The Morgan fingerprint density at radius 1 is 1.50 bits per heavy atom. The fourth-order valence-electron chi connectivity index (χ4n) is 0.962. The molecule has 0 spiro atoms. The van der Waals surface area contributed by atoms with Crippen LogP contribution in [0.25, 0.3) is 6.08 Å². The summed E-state index contributed by atoms with van der Waals surface area (Å²) < 4.78 is 13.0. The summed E-state index contributed by atoms with van der Waals surface area (Å²) in [6.45, 7) is 1.93. The Balaban J connectivity index is 2.97. The lowest BCUT2D eigenvalue weighted by Crippen LogP contribution is -1.82. The van der Waals surface area contributed by atoms with Gasteiger partial charge in [-0.05, 0) is 19.1 Å². The Bertz CT molecular complexity index is 292. The van der Waals surface area contributed by atoms with E-state index in [1.807, 2.05) is 6.92 Å². The average molecular weight is 185 g/mol. The van der Waals surface area contributed by atoms with Gasteiger partial charge in [0.15, 0.2) is 0 Å². The van der Waals surface area contributed by atoms with Crippen molar-refractivity contribution in [3.05, 3.63) is 41.2 Å². The van der Waals surface area contributed by atoms with Crippen LogP contribution >= 0.6 is 11.6 Å². The molecule has 0 nitrogen and oxygen atoms in total. The molecule has 0 aliphatic rings. The Kier molecular flexibility index (Phi) is 3.30. The number of aryl methyl sites for hydroxylation is 1. The summed E-state index contributed by atoms with van der Waals surface area (Å²) in [5.74, 6) is 0.204. The second-order valence-corrected chi connectivity index (χ2v) is 2.89. The molecule has 1 rings (SSSR count). The summed E-state index contributed by atoms with van der Waals surface area (Å²) in [6.07, 6.45) is 3.41. The van der Waals surface area contributed by atoms with Gasteiger partial charge in [0.2, 0.25) is 0 Å². The van der Waals surface area contributed by atoms with E-state index >= 15 is 0 Å². The van der Waals surface area contributed by atoms with Crippen molar-refractivity contribution in [3.63, 3.8) is 0 Å². The smallest absolute Gasteiger partial charge is 0.130 e. The minimum Gasteiger partial charge on any atom is -0.206 e. The van der Waals surface area contributed by atoms with Crippen LogP contribution in [-0.2, 0) is 0 Å². The molecule has 0 atom stereocenters. The van der Waals surface area contributed by atoms with E-state index in [1.54, 1.807) is 24.3 Å². The predicted octanol–water partition coefficient (Wildman–Crippen LogP) is 3.39.